The third-order valence-electron chi connectivity index (χ3n) is 4.67. The van der Waals surface area contributed by atoms with Gasteiger partial charge in [-0.25, -0.2) is 9.97 Å². The molecule has 1 saturated carbocycles. The van der Waals surface area contributed by atoms with E-state index in [1.807, 2.05) is 12.3 Å². The van der Waals surface area contributed by atoms with Gasteiger partial charge >= 0.3 is 0 Å². The van der Waals surface area contributed by atoms with Crippen LogP contribution in [0.1, 0.15) is 44.6 Å². The zero-order valence-corrected chi connectivity index (χ0v) is 12.5. The van der Waals surface area contributed by atoms with Crippen LogP contribution in [-0.2, 0) is 6.54 Å². The van der Waals surface area contributed by atoms with Gasteiger partial charge in [-0.3, -0.25) is 4.57 Å². The Balaban J connectivity index is 1.77. The second-order valence-electron chi connectivity index (χ2n) is 6.35. The van der Waals surface area contributed by atoms with Crippen LogP contribution in [0.5, 0.6) is 0 Å². The molecule has 0 amide bonds. The molecule has 2 N–H and O–H groups in total. The maximum absolute atomic E-state index is 6.08. The summed E-state index contributed by atoms with van der Waals surface area (Å²) in [4.78, 5) is 8.93. The molecule has 0 bridgehead atoms. The highest BCUT2D eigenvalue weighted by molar-refractivity contribution is 5.77. The Morgan fingerprint density at radius 3 is 3.05 bits per heavy atom. The minimum absolute atomic E-state index is 0.602. The molecular formula is C16H24N4. The first-order chi connectivity index (χ1) is 9.65. The van der Waals surface area contributed by atoms with E-state index in [1.54, 1.807) is 0 Å². The van der Waals surface area contributed by atoms with Gasteiger partial charge in [-0.2, -0.15) is 0 Å². The number of nitrogen functional groups attached to an aromatic ring is 1. The predicted octanol–water partition coefficient (Wildman–Crippen LogP) is 3.54. The first-order valence-electron chi connectivity index (χ1n) is 7.72. The van der Waals surface area contributed by atoms with Gasteiger partial charge in [0, 0.05) is 12.7 Å². The Morgan fingerprint density at radius 2 is 2.25 bits per heavy atom. The quantitative estimate of drug-likeness (QED) is 0.929. The van der Waals surface area contributed by atoms with E-state index in [9.17, 15) is 0 Å². The second-order valence-corrected chi connectivity index (χ2v) is 6.35. The summed E-state index contributed by atoms with van der Waals surface area (Å²) in [5.41, 5.74) is 9.10. The molecule has 4 heteroatoms. The van der Waals surface area contributed by atoms with E-state index in [-0.39, 0.29) is 0 Å². The third-order valence-corrected chi connectivity index (χ3v) is 4.67. The van der Waals surface area contributed by atoms with E-state index in [0.29, 0.717) is 5.95 Å². The molecule has 0 saturated heterocycles. The molecule has 0 radical (unpaired) electrons. The number of rotatable bonds is 3. The molecule has 1 aliphatic rings. The smallest absolute Gasteiger partial charge is 0.202 e. The molecule has 2 aromatic rings. The molecule has 4 nitrogen and oxygen atoms in total. The van der Waals surface area contributed by atoms with Gasteiger partial charge in [-0.1, -0.05) is 26.2 Å². The van der Waals surface area contributed by atoms with Crippen molar-refractivity contribution >= 4 is 17.1 Å². The lowest BCUT2D eigenvalue weighted by atomic mass is 9.81. The molecule has 0 aromatic carbocycles. The van der Waals surface area contributed by atoms with Crippen LogP contribution in [0, 0.1) is 18.8 Å². The number of hydrogen-bond acceptors (Lipinski definition) is 3. The van der Waals surface area contributed by atoms with E-state index in [2.05, 4.69) is 28.4 Å². The number of imidazole rings is 1. The number of fused-ring (bicyclic) bond motifs is 1. The summed E-state index contributed by atoms with van der Waals surface area (Å²) < 4.78 is 2.08. The van der Waals surface area contributed by atoms with Gasteiger partial charge < -0.3 is 5.73 Å². The summed E-state index contributed by atoms with van der Waals surface area (Å²) in [6, 6.07) is 1.99. The normalized spacial score (nSPS) is 23.3. The Hall–Kier alpha value is -1.58. The van der Waals surface area contributed by atoms with Gasteiger partial charge in [0.15, 0.2) is 5.65 Å². The van der Waals surface area contributed by atoms with Gasteiger partial charge in [0.25, 0.3) is 0 Å². The first kappa shape index (κ1) is 13.4. The summed E-state index contributed by atoms with van der Waals surface area (Å²) in [6.45, 7) is 5.37. The highest BCUT2D eigenvalue weighted by Gasteiger charge is 2.19. The monoisotopic (exact) mass is 272 g/mol. The van der Waals surface area contributed by atoms with Gasteiger partial charge in [0.2, 0.25) is 5.95 Å². The van der Waals surface area contributed by atoms with Crippen molar-refractivity contribution in [3.63, 3.8) is 0 Å². The van der Waals surface area contributed by atoms with E-state index in [1.165, 1.54) is 32.1 Å². The van der Waals surface area contributed by atoms with Crippen LogP contribution in [0.4, 0.5) is 5.95 Å². The Labute approximate surface area is 120 Å². The summed E-state index contributed by atoms with van der Waals surface area (Å²) >= 11 is 0. The minimum Gasteiger partial charge on any atom is -0.369 e. The van der Waals surface area contributed by atoms with Crippen molar-refractivity contribution in [2.24, 2.45) is 11.8 Å². The molecule has 3 rings (SSSR count). The molecule has 20 heavy (non-hydrogen) atoms. The van der Waals surface area contributed by atoms with Crippen molar-refractivity contribution in [3.05, 3.63) is 17.8 Å². The van der Waals surface area contributed by atoms with Crippen molar-refractivity contribution < 1.29 is 0 Å². The lowest BCUT2D eigenvalue weighted by molar-refractivity contribution is 0.262. The molecule has 0 spiro atoms. The molecule has 1 aliphatic carbocycles. The fourth-order valence-corrected chi connectivity index (χ4v) is 3.51. The maximum Gasteiger partial charge on any atom is 0.202 e. The fourth-order valence-electron chi connectivity index (χ4n) is 3.51. The van der Waals surface area contributed by atoms with Crippen LogP contribution in [0.15, 0.2) is 12.3 Å². The van der Waals surface area contributed by atoms with Gasteiger partial charge in [-0.15, -0.1) is 0 Å². The minimum atomic E-state index is 0.602. The van der Waals surface area contributed by atoms with Gasteiger partial charge in [0.1, 0.15) is 5.52 Å². The Morgan fingerprint density at radius 1 is 1.40 bits per heavy atom. The fraction of sp³-hybridized carbons (Fsp3) is 0.625. The number of nitrogens with two attached hydrogens (primary N) is 1. The van der Waals surface area contributed by atoms with Crippen molar-refractivity contribution in [1.82, 2.24) is 14.5 Å². The van der Waals surface area contributed by atoms with Crippen LogP contribution in [0.3, 0.4) is 0 Å². The van der Waals surface area contributed by atoms with E-state index >= 15 is 0 Å². The zero-order valence-electron chi connectivity index (χ0n) is 12.5. The summed E-state index contributed by atoms with van der Waals surface area (Å²) in [5, 5.41) is 0. The highest BCUT2D eigenvalue weighted by atomic mass is 15.2. The van der Waals surface area contributed by atoms with Gasteiger partial charge in [0.05, 0.1) is 0 Å². The Kier molecular flexibility index (Phi) is 3.64. The average molecular weight is 272 g/mol. The van der Waals surface area contributed by atoms with Crippen molar-refractivity contribution in [2.75, 3.05) is 5.73 Å². The number of nitrogens with zero attached hydrogens (tertiary/aromatic N) is 3. The highest BCUT2D eigenvalue weighted by Crippen LogP contribution is 2.31. The molecule has 1 fully saturated rings. The molecule has 2 unspecified atom stereocenters. The molecule has 2 atom stereocenters. The molecule has 2 aromatic heterocycles. The average Bonchev–Trinajstić information content (AvgIpc) is 2.74. The number of aromatic nitrogens is 3. The zero-order chi connectivity index (χ0) is 14.1. The van der Waals surface area contributed by atoms with Crippen LogP contribution in [-0.4, -0.2) is 14.5 Å². The summed E-state index contributed by atoms with van der Waals surface area (Å²) in [7, 11) is 0. The number of pyridine rings is 1. The van der Waals surface area contributed by atoms with Crippen LogP contribution < -0.4 is 5.73 Å². The van der Waals surface area contributed by atoms with E-state index in [0.717, 1.165) is 35.1 Å². The molecular weight excluding hydrogens is 248 g/mol. The predicted molar refractivity (Wildman–Crippen MR) is 82.4 cm³/mol. The second kappa shape index (κ2) is 5.43. The number of aryl methyl sites for hydroxylation is 2. The molecule has 2 heterocycles. The molecule has 0 aliphatic heterocycles. The number of hydrogen-bond donors (Lipinski definition) is 1. The summed E-state index contributed by atoms with van der Waals surface area (Å²) in [6.07, 6.45) is 8.53. The maximum atomic E-state index is 6.08. The first-order valence-corrected chi connectivity index (χ1v) is 7.72. The van der Waals surface area contributed by atoms with E-state index in [4.69, 9.17) is 5.73 Å². The SMILES string of the molecule is Cc1ccnc2c1nc(N)n2CCC1CCCC(C)C1. The lowest BCUT2D eigenvalue weighted by Crippen LogP contribution is -2.16. The third kappa shape index (κ3) is 2.51. The lowest BCUT2D eigenvalue weighted by Gasteiger charge is -2.26. The van der Waals surface area contributed by atoms with Crippen molar-refractivity contribution in [2.45, 2.75) is 52.5 Å². The van der Waals surface area contributed by atoms with Crippen LogP contribution in [0.2, 0.25) is 0 Å². The standard InChI is InChI=1S/C16H24N4/c1-11-4-3-5-13(10-11)7-9-20-15-14(19-16(20)17)12(2)6-8-18-15/h6,8,11,13H,3-5,7,9-10H2,1-2H3,(H2,17,19). The molecule has 108 valence electrons. The largest absolute Gasteiger partial charge is 0.369 e. The topological polar surface area (TPSA) is 56.7 Å². The van der Waals surface area contributed by atoms with Crippen LogP contribution >= 0.6 is 0 Å². The van der Waals surface area contributed by atoms with Crippen molar-refractivity contribution in [3.8, 4) is 0 Å². The Bertz CT molecular complexity index is 602. The van der Waals surface area contributed by atoms with Crippen LogP contribution in [0.25, 0.3) is 11.2 Å². The summed E-state index contributed by atoms with van der Waals surface area (Å²) in [5.74, 6) is 2.32. The van der Waals surface area contributed by atoms with Gasteiger partial charge in [-0.05, 0) is 43.2 Å². The number of anilines is 1. The van der Waals surface area contributed by atoms with E-state index < -0.39 is 0 Å². The van der Waals surface area contributed by atoms with Crippen molar-refractivity contribution in [1.29, 1.82) is 0 Å².